The minimum absolute atomic E-state index is 0.0617. The zero-order valence-electron chi connectivity index (χ0n) is 7.70. The summed E-state index contributed by atoms with van der Waals surface area (Å²) in [6.45, 7) is 1.51. The van der Waals surface area contributed by atoms with Gasteiger partial charge < -0.3 is 0 Å². The molecule has 0 aliphatic rings. The lowest BCUT2D eigenvalue weighted by atomic mass is 10.2. The van der Waals surface area contributed by atoms with E-state index in [4.69, 9.17) is 0 Å². The van der Waals surface area contributed by atoms with Gasteiger partial charge in [0.05, 0.1) is 11.2 Å². The molecular weight excluding hydrogens is 244 g/mol. The molecule has 2 aromatic rings. The minimum Gasteiger partial charge on any atom is -0.273 e. The number of para-hydroxylation sites is 1. The molecule has 72 valence electrons. The van der Waals surface area contributed by atoms with Gasteiger partial charge in [-0.3, -0.25) is 4.79 Å². The Kier molecular flexibility index (Phi) is 2.37. The number of halogens is 1. The number of fused-ring (bicyclic) bond motifs is 1. The molecule has 0 bridgehead atoms. The Labute approximate surface area is 89.8 Å². The molecule has 0 saturated carbocycles. The normalized spacial score (nSPS) is 10.7. The first-order valence-corrected chi connectivity index (χ1v) is 5.39. The van der Waals surface area contributed by atoms with Crippen LogP contribution in [0.4, 0.5) is 0 Å². The van der Waals surface area contributed by atoms with E-state index in [0.717, 1.165) is 16.6 Å². The first kappa shape index (κ1) is 9.40. The van der Waals surface area contributed by atoms with Crippen molar-refractivity contribution >= 4 is 32.7 Å². The zero-order valence-corrected chi connectivity index (χ0v) is 9.28. The maximum Gasteiger partial charge on any atom is 0.244 e. The highest BCUT2D eigenvalue weighted by Gasteiger charge is 2.10. The van der Waals surface area contributed by atoms with Crippen LogP contribution in [0.5, 0.6) is 0 Å². The van der Waals surface area contributed by atoms with Gasteiger partial charge in [-0.05, 0) is 6.07 Å². The van der Waals surface area contributed by atoms with Crippen LogP contribution < -0.4 is 0 Å². The van der Waals surface area contributed by atoms with Gasteiger partial charge in [0.1, 0.15) is 0 Å². The van der Waals surface area contributed by atoms with Crippen molar-refractivity contribution in [2.75, 3.05) is 0 Å². The summed E-state index contributed by atoms with van der Waals surface area (Å²) in [6.07, 6.45) is 0. The standard InChI is InChI=1S/C10H9BrN2O/c1-7(14)13-10-5-3-2-4-8(10)9(6-11)12-13/h2-5H,6H2,1H3. The van der Waals surface area contributed by atoms with Gasteiger partial charge in [0.15, 0.2) is 0 Å². The van der Waals surface area contributed by atoms with E-state index in [1.807, 2.05) is 24.3 Å². The fourth-order valence-electron chi connectivity index (χ4n) is 1.47. The van der Waals surface area contributed by atoms with Gasteiger partial charge in [0, 0.05) is 17.6 Å². The summed E-state index contributed by atoms with van der Waals surface area (Å²) in [6, 6.07) is 7.72. The number of hydrogen-bond acceptors (Lipinski definition) is 2. The molecule has 0 N–H and O–H groups in total. The van der Waals surface area contributed by atoms with Crippen molar-refractivity contribution in [2.45, 2.75) is 12.3 Å². The third-order valence-electron chi connectivity index (χ3n) is 2.09. The monoisotopic (exact) mass is 252 g/mol. The highest BCUT2D eigenvalue weighted by Crippen LogP contribution is 2.19. The van der Waals surface area contributed by atoms with Crippen molar-refractivity contribution in [1.29, 1.82) is 0 Å². The smallest absolute Gasteiger partial charge is 0.244 e. The second-order valence-electron chi connectivity index (χ2n) is 3.03. The van der Waals surface area contributed by atoms with Gasteiger partial charge in [0.25, 0.3) is 0 Å². The van der Waals surface area contributed by atoms with Gasteiger partial charge >= 0.3 is 0 Å². The van der Waals surface area contributed by atoms with Crippen LogP contribution in [0.2, 0.25) is 0 Å². The van der Waals surface area contributed by atoms with Crippen LogP contribution in [-0.4, -0.2) is 15.7 Å². The summed E-state index contributed by atoms with van der Waals surface area (Å²) in [5.41, 5.74) is 1.77. The van der Waals surface area contributed by atoms with Crippen molar-refractivity contribution in [3.05, 3.63) is 30.0 Å². The fraction of sp³-hybridized carbons (Fsp3) is 0.200. The van der Waals surface area contributed by atoms with Crippen molar-refractivity contribution in [1.82, 2.24) is 9.78 Å². The third kappa shape index (κ3) is 1.35. The average Bonchev–Trinajstić information content (AvgIpc) is 2.56. The maximum absolute atomic E-state index is 11.3. The lowest BCUT2D eigenvalue weighted by Crippen LogP contribution is -2.07. The molecule has 0 spiro atoms. The lowest BCUT2D eigenvalue weighted by molar-refractivity contribution is 0.0926. The van der Waals surface area contributed by atoms with E-state index in [1.165, 1.54) is 11.6 Å². The Morgan fingerprint density at radius 2 is 2.21 bits per heavy atom. The molecule has 0 unspecified atom stereocenters. The molecule has 0 atom stereocenters. The first-order valence-electron chi connectivity index (χ1n) is 4.27. The van der Waals surface area contributed by atoms with Crippen LogP contribution >= 0.6 is 15.9 Å². The van der Waals surface area contributed by atoms with Crippen LogP contribution in [0.1, 0.15) is 17.4 Å². The summed E-state index contributed by atoms with van der Waals surface area (Å²) >= 11 is 3.35. The molecule has 0 aliphatic carbocycles. The highest BCUT2D eigenvalue weighted by atomic mass is 79.9. The number of benzene rings is 1. The Bertz CT molecular complexity index is 490. The molecular formula is C10H9BrN2O. The van der Waals surface area contributed by atoms with Crippen LogP contribution in [0.25, 0.3) is 10.9 Å². The van der Waals surface area contributed by atoms with Crippen LogP contribution in [0.15, 0.2) is 24.3 Å². The van der Waals surface area contributed by atoms with E-state index in [2.05, 4.69) is 21.0 Å². The minimum atomic E-state index is -0.0617. The van der Waals surface area contributed by atoms with E-state index in [1.54, 1.807) is 0 Å². The topological polar surface area (TPSA) is 34.9 Å². The Balaban J connectivity index is 2.80. The largest absolute Gasteiger partial charge is 0.273 e. The van der Waals surface area contributed by atoms with Crippen molar-refractivity contribution in [3.63, 3.8) is 0 Å². The number of rotatable bonds is 1. The number of aromatic nitrogens is 2. The molecule has 1 aromatic carbocycles. The molecule has 4 heteroatoms. The lowest BCUT2D eigenvalue weighted by Gasteiger charge is -1.94. The van der Waals surface area contributed by atoms with E-state index < -0.39 is 0 Å². The van der Waals surface area contributed by atoms with Gasteiger partial charge in [-0.25, -0.2) is 4.68 Å². The van der Waals surface area contributed by atoms with Crippen molar-refractivity contribution in [2.24, 2.45) is 0 Å². The summed E-state index contributed by atoms with van der Waals surface area (Å²) in [5.74, 6) is -0.0617. The highest BCUT2D eigenvalue weighted by molar-refractivity contribution is 9.08. The van der Waals surface area contributed by atoms with Crippen molar-refractivity contribution < 1.29 is 4.79 Å². The van der Waals surface area contributed by atoms with Crippen LogP contribution in [0, 0.1) is 0 Å². The number of carbonyl (C=O) groups excluding carboxylic acids is 1. The number of nitrogens with zero attached hydrogens (tertiary/aromatic N) is 2. The summed E-state index contributed by atoms with van der Waals surface area (Å²) in [7, 11) is 0. The Morgan fingerprint density at radius 1 is 1.50 bits per heavy atom. The quantitative estimate of drug-likeness (QED) is 0.732. The fourth-order valence-corrected chi connectivity index (χ4v) is 1.88. The van der Waals surface area contributed by atoms with Crippen LogP contribution in [-0.2, 0) is 5.33 Å². The number of alkyl halides is 1. The maximum atomic E-state index is 11.3. The molecule has 3 nitrogen and oxygen atoms in total. The Hall–Kier alpha value is -1.16. The summed E-state index contributed by atoms with van der Waals surface area (Å²) < 4.78 is 1.44. The van der Waals surface area contributed by atoms with E-state index >= 15 is 0 Å². The molecule has 1 heterocycles. The van der Waals surface area contributed by atoms with Gasteiger partial charge in [-0.1, -0.05) is 34.1 Å². The molecule has 0 radical (unpaired) electrons. The zero-order chi connectivity index (χ0) is 10.1. The molecule has 14 heavy (non-hydrogen) atoms. The van der Waals surface area contributed by atoms with E-state index in [-0.39, 0.29) is 5.91 Å². The Morgan fingerprint density at radius 3 is 2.86 bits per heavy atom. The summed E-state index contributed by atoms with van der Waals surface area (Å²) in [5, 5.41) is 5.92. The molecule has 0 fully saturated rings. The average molecular weight is 253 g/mol. The molecule has 2 rings (SSSR count). The van der Waals surface area contributed by atoms with Gasteiger partial charge in [-0.2, -0.15) is 5.10 Å². The number of carbonyl (C=O) groups is 1. The number of hydrogen-bond donors (Lipinski definition) is 0. The second kappa shape index (κ2) is 3.53. The predicted molar refractivity (Wildman–Crippen MR) is 58.7 cm³/mol. The molecule has 0 amide bonds. The van der Waals surface area contributed by atoms with Crippen molar-refractivity contribution in [3.8, 4) is 0 Å². The van der Waals surface area contributed by atoms with Crippen LogP contribution in [0.3, 0.4) is 0 Å². The van der Waals surface area contributed by atoms with E-state index in [9.17, 15) is 4.79 Å². The summed E-state index contributed by atoms with van der Waals surface area (Å²) in [4.78, 5) is 11.3. The molecule has 0 saturated heterocycles. The van der Waals surface area contributed by atoms with Gasteiger partial charge in [0.2, 0.25) is 5.91 Å². The predicted octanol–water partition coefficient (Wildman–Crippen LogP) is 2.59. The molecule has 0 aliphatic heterocycles. The third-order valence-corrected chi connectivity index (χ3v) is 2.62. The van der Waals surface area contributed by atoms with Gasteiger partial charge in [-0.15, -0.1) is 0 Å². The SMILES string of the molecule is CC(=O)n1nc(CBr)c2ccccc21. The van der Waals surface area contributed by atoms with E-state index in [0.29, 0.717) is 5.33 Å². The molecule has 1 aromatic heterocycles. The first-order chi connectivity index (χ1) is 6.74. The second-order valence-corrected chi connectivity index (χ2v) is 3.59.